The lowest BCUT2D eigenvalue weighted by Gasteiger charge is -2.35. The summed E-state index contributed by atoms with van der Waals surface area (Å²) in [7, 11) is 0. The minimum absolute atomic E-state index is 0.00920. The number of benzene rings is 1. The average molecular weight is 333 g/mol. The topological polar surface area (TPSA) is 93.0 Å². The number of nitro groups is 1. The van der Waals surface area contributed by atoms with Crippen LogP contribution in [0.3, 0.4) is 0 Å². The number of hydrogen-bond acceptors (Lipinski definition) is 5. The van der Waals surface area contributed by atoms with E-state index in [4.69, 9.17) is 4.74 Å². The van der Waals surface area contributed by atoms with Gasteiger partial charge in [0.15, 0.2) is 0 Å². The molecule has 2 fully saturated rings. The molecule has 24 heavy (non-hydrogen) atoms. The predicted octanol–water partition coefficient (Wildman–Crippen LogP) is 1.06. The van der Waals surface area contributed by atoms with Crippen molar-refractivity contribution >= 4 is 17.5 Å². The lowest BCUT2D eigenvalue weighted by molar-refractivity contribution is -0.384. The molecule has 0 aliphatic carbocycles. The van der Waals surface area contributed by atoms with E-state index in [-0.39, 0.29) is 23.6 Å². The van der Waals surface area contributed by atoms with Gasteiger partial charge in [-0.15, -0.1) is 0 Å². The lowest BCUT2D eigenvalue weighted by atomic mass is 10.1. The fourth-order valence-corrected chi connectivity index (χ4v) is 3.01. The van der Waals surface area contributed by atoms with Crippen LogP contribution in [-0.4, -0.2) is 65.4 Å². The first-order valence-electron chi connectivity index (χ1n) is 8.00. The standard InChI is InChI=1S/C16H19N3O5/c20-15(12-3-5-13(6-4-12)19(22)23)17-7-9-18(10-8-17)16(21)14-2-1-11-24-14/h3-6,14H,1-2,7-11H2. The van der Waals surface area contributed by atoms with E-state index in [9.17, 15) is 19.7 Å². The Kier molecular flexibility index (Phi) is 4.75. The molecule has 0 saturated carbocycles. The fourth-order valence-electron chi connectivity index (χ4n) is 3.01. The minimum Gasteiger partial charge on any atom is -0.368 e. The molecule has 1 atom stereocenters. The van der Waals surface area contributed by atoms with Crippen LogP contribution < -0.4 is 0 Å². The number of nitro benzene ring substituents is 1. The number of nitrogens with zero attached hydrogens (tertiary/aromatic N) is 3. The number of carbonyl (C=O) groups excluding carboxylic acids is 2. The SMILES string of the molecule is O=C(c1ccc([N+](=O)[O-])cc1)N1CCN(C(=O)C2CCCO2)CC1. The van der Waals surface area contributed by atoms with Gasteiger partial charge in [-0.2, -0.15) is 0 Å². The zero-order valence-electron chi connectivity index (χ0n) is 13.2. The molecule has 0 radical (unpaired) electrons. The van der Waals surface area contributed by atoms with E-state index in [0.29, 0.717) is 38.3 Å². The maximum absolute atomic E-state index is 12.4. The van der Waals surface area contributed by atoms with Crippen LogP contribution in [0.4, 0.5) is 5.69 Å². The molecule has 2 aliphatic rings. The smallest absolute Gasteiger partial charge is 0.269 e. The second-order valence-electron chi connectivity index (χ2n) is 5.92. The molecule has 2 heterocycles. The van der Waals surface area contributed by atoms with Gasteiger partial charge >= 0.3 is 0 Å². The highest BCUT2D eigenvalue weighted by molar-refractivity contribution is 5.94. The molecule has 1 unspecified atom stereocenters. The van der Waals surface area contributed by atoms with Crippen molar-refractivity contribution in [3.05, 3.63) is 39.9 Å². The molecule has 1 aromatic carbocycles. The van der Waals surface area contributed by atoms with Crippen LogP contribution in [0, 0.1) is 10.1 Å². The first kappa shape index (κ1) is 16.4. The first-order chi connectivity index (χ1) is 11.6. The summed E-state index contributed by atoms with van der Waals surface area (Å²) in [6, 6.07) is 5.57. The Morgan fingerprint density at radius 2 is 1.71 bits per heavy atom. The second kappa shape index (κ2) is 6.96. The first-order valence-corrected chi connectivity index (χ1v) is 8.00. The van der Waals surface area contributed by atoms with E-state index in [1.54, 1.807) is 9.80 Å². The molecule has 8 nitrogen and oxygen atoms in total. The van der Waals surface area contributed by atoms with E-state index in [1.807, 2.05) is 0 Å². The van der Waals surface area contributed by atoms with Crippen LogP contribution in [0.1, 0.15) is 23.2 Å². The van der Waals surface area contributed by atoms with Crippen molar-refractivity contribution < 1.29 is 19.2 Å². The van der Waals surface area contributed by atoms with E-state index >= 15 is 0 Å². The van der Waals surface area contributed by atoms with Gasteiger partial charge in [-0.1, -0.05) is 0 Å². The monoisotopic (exact) mass is 333 g/mol. The van der Waals surface area contributed by atoms with Crippen LogP contribution in [0.15, 0.2) is 24.3 Å². The zero-order valence-corrected chi connectivity index (χ0v) is 13.2. The lowest BCUT2D eigenvalue weighted by Crippen LogP contribution is -2.52. The van der Waals surface area contributed by atoms with Gasteiger partial charge in [0.1, 0.15) is 6.10 Å². The van der Waals surface area contributed by atoms with Crippen molar-refractivity contribution in [1.82, 2.24) is 9.80 Å². The number of amides is 2. The molecule has 0 bridgehead atoms. The Bertz CT molecular complexity index is 632. The highest BCUT2D eigenvalue weighted by Crippen LogP contribution is 2.18. The Morgan fingerprint density at radius 3 is 2.25 bits per heavy atom. The summed E-state index contributed by atoms with van der Waals surface area (Å²) in [5, 5.41) is 10.7. The summed E-state index contributed by atoms with van der Waals surface area (Å²) in [6.45, 7) is 2.51. The molecule has 0 N–H and O–H groups in total. The number of carbonyl (C=O) groups is 2. The van der Waals surface area contributed by atoms with Crippen LogP contribution in [0.25, 0.3) is 0 Å². The molecule has 2 aliphatic heterocycles. The number of hydrogen-bond donors (Lipinski definition) is 0. The maximum Gasteiger partial charge on any atom is 0.269 e. The molecule has 3 rings (SSSR count). The molecule has 2 saturated heterocycles. The summed E-state index contributed by atoms with van der Waals surface area (Å²) in [4.78, 5) is 38.3. The third kappa shape index (κ3) is 3.38. The van der Waals surface area contributed by atoms with Gasteiger partial charge in [-0.3, -0.25) is 19.7 Å². The van der Waals surface area contributed by atoms with Crippen molar-refractivity contribution in [3.63, 3.8) is 0 Å². The molecular formula is C16H19N3O5. The van der Waals surface area contributed by atoms with Crippen LogP contribution >= 0.6 is 0 Å². The molecule has 0 spiro atoms. The quantitative estimate of drug-likeness (QED) is 0.609. The number of rotatable bonds is 3. The summed E-state index contributed by atoms with van der Waals surface area (Å²) in [5.74, 6) is -0.163. The highest BCUT2D eigenvalue weighted by atomic mass is 16.6. The average Bonchev–Trinajstić information content (AvgIpc) is 3.15. The zero-order chi connectivity index (χ0) is 17.1. The number of piperazine rings is 1. The van der Waals surface area contributed by atoms with Crippen molar-refractivity contribution in [1.29, 1.82) is 0 Å². The molecule has 128 valence electrons. The molecule has 0 aromatic heterocycles. The molecular weight excluding hydrogens is 314 g/mol. The Labute approximate surface area is 139 Å². The number of ether oxygens (including phenoxy) is 1. The van der Waals surface area contributed by atoms with E-state index in [2.05, 4.69) is 0 Å². The Morgan fingerprint density at radius 1 is 1.08 bits per heavy atom. The number of non-ortho nitro benzene ring substituents is 1. The van der Waals surface area contributed by atoms with Gasteiger partial charge in [0.25, 0.3) is 17.5 Å². The second-order valence-corrected chi connectivity index (χ2v) is 5.92. The Balaban J connectivity index is 1.56. The summed E-state index contributed by atoms with van der Waals surface area (Å²) >= 11 is 0. The van der Waals surface area contributed by atoms with Crippen molar-refractivity contribution in [3.8, 4) is 0 Å². The van der Waals surface area contributed by atoms with Crippen molar-refractivity contribution in [2.45, 2.75) is 18.9 Å². The summed E-state index contributed by atoms with van der Waals surface area (Å²) in [5.41, 5.74) is 0.373. The predicted molar refractivity (Wildman–Crippen MR) is 84.6 cm³/mol. The minimum atomic E-state index is -0.496. The fraction of sp³-hybridized carbons (Fsp3) is 0.500. The van der Waals surface area contributed by atoms with Gasteiger partial charge in [-0.25, -0.2) is 0 Å². The molecule has 2 amide bonds. The van der Waals surface area contributed by atoms with Crippen LogP contribution in [0.2, 0.25) is 0 Å². The van der Waals surface area contributed by atoms with Crippen molar-refractivity contribution in [2.75, 3.05) is 32.8 Å². The van der Waals surface area contributed by atoms with Gasteiger partial charge < -0.3 is 14.5 Å². The largest absolute Gasteiger partial charge is 0.368 e. The normalized spacial score (nSPS) is 20.9. The molecule has 1 aromatic rings. The van der Waals surface area contributed by atoms with E-state index in [0.717, 1.165) is 12.8 Å². The highest BCUT2D eigenvalue weighted by Gasteiger charge is 2.31. The van der Waals surface area contributed by atoms with Crippen LogP contribution in [-0.2, 0) is 9.53 Å². The van der Waals surface area contributed by atoms with Gasteiger partial charge in [0.05, 0.1) is 4.92 Å². The summed E-state index contributed by atoms with van der Waals surface area (Å²) in [6.07, 6.45) is 1.34. The third-order valence-electron chi connectivity index (χ3n) is 4.41. The maximum atomic E-state index is 12.4. The van der Waals surface area contributed by atoms with Gasteiger partial charge in [-0.05, 0) is 25.0 Å². The molecule has 8 heteroatoms. The van der Waals surface area contributed by atoms with E-state index in [1.165, 1.54) is 24.3 Å². The van der Waals surface area contributed by atoms with Gasteiger partial charge in [0, 0.05) is 50.5 Å². The van der Waals surface area contributed by atoms with E-state index < -0.39 is 4.92 Å². The Hall–Kier alpha value is -2.48. The van der Waals surface area contributed by atoms with Crippen LogP contribution in [0.5, 0.6) is 0 Å². The third-order valence-corrected chi connectivity index (χ3v) is 4.41. The van der Waals surface area contributed by atoms with Crippen molar-refractivity contribution in [2.24, 2.45) is 0 Å². The van der Waals surface area contributed by atoms with Gasteiger partial charge in [0.2, 0.25) is 0 Å². The summed E-state index contributed by atoms with van der Waals surface area (Å²) < 4.78 is 5.42.